The molecule has 4 rings (SSSR count). The Morgan fingerprint density at radius 2 is 1.71 bits per heavy atom. The van der Waals surface area contributed by atoms with E-state index < -0.39 is 0 Å². The Hall–Kier alpha value is -2.78. The van der Waals surface area contributed by atoms with E-state index in [2.05, 4.69) is 42.7 Å². The molecule has 0 amide bonds. The SMILES string of the molecule is Cc1ccc(OCCn2c(Cc3ccccc3Cl)nc3ccccc32)cc1C. The van der Waals surface area contributed by atoms with Crippen molar-refractivity contribution < 1.29 is 4.74 Å². The summed E-state index contributed by atoms with van der Waals surface area (Å²) in [7, 11) is 0. The summed E-state index contributed by atoms with van der Waals surface area (Å²) in [6, 6.07) is 22.4. The fourth-order valence-corrected chi connectivity index (χ4v) is 3.58. The van der Waals surface area contributed by atoms with Crippen LogP contribution in [0.2, 0.25) is 5.02 Å². The molecule has 0 N–H and O–H groups in total. The first-order valence-corrected chi connectivity index (χ1v) is 9.87. The van der Waals surface area contributed by atoms with Gasteiger partial charge >= 0.3 is 0 Å². The van der Waals surface area contributed by atoms with Crippen molar-refractivity contribution in [3.8, 4) is 5.75 Å². The maximum absolute atomic E-state index is 6.38. The molecule has 0 aliphatic rings. The summed E-state index contributed by atoms with van der Waals surface area (Å²) in [6.07, 6.45) is 0.692. The van der Waals surface area contributed by atoms with Gasteiger partial charge in [-0.05, 0) is 60.9 Å². The molecule has 28 heavy (non-hydrogen) atoms. The van der Waals surface area contributed by atoms with Crippen molar-refractivity contribution in [3.63, 3.8) is 0 Å². The summed E-state index contributed by atoms with van der Waals surface area (Å²) >= 11 is 6.38. The molecule has 0 radical (unpaired) electrons. The summed E-state index contributed by atoms with van der Waals surface area (Å²) in [5.41, 5.74) is 5.71. The molecule has 0 aliphatic heterocycles. The molecule has 0 saturated carbocycles. The zero-order valence-corrected chi connectivity index (χ0v) is 16.9. The lowest BCUT2D eigenvalue weighted by molar-refractivity contribution is 0.298. The summed E-state index contributed by atoms with van der Waals surface area (Å²) in [5, 5.41) is 0.771. The summed E-state index contributed by atoms with van der Waals surface area (Å²) in [6.45, 7) is 5.52. The first-order chi connectivity index (χ1) is 13.6. The molecule has 4 heteroatoms. The first kappa shape index (κ1) is 18.6. The number of imidazole rings is 1. The van der Waals surface area contributed by atoms with Crippen LogP contribution in [0.3, 0.4) is 0 Å². The van der Waals surface area contributed by atoms with E-state index in [4.69, 9.17) is 21.3 Å². The summed E-state index contributed by atoms with van der Waals surface area (Å²) in [4.78, 5) is 4.85. The monoisotopic (exact) mass is 390 g/mol. The van der Waals surface area contributed by atoms with E-state index in [9.17, 15) is 0 Å². The molecule has 4 aromatic rings. The predicted octanol–water partition coefficient (Wildman–Crippen LogP) is 5.98. The molecule has 0 aliphatic carbocycles. The smallest absolute Gasteiger partial charge is 0.119 e. The molecule has 0 saturated heterocycles. The van der Waals surface area contributed by atoms with E-state index in [-0.39, 0.29) is 0 Å². The van der Waals surface area contributed by atoms with Gasteiger partial charge in [0.2, 0.25) is 0 Å². The highest BCUT2D eigenvalue weighted by Gasteiger charge is 2.12. The van der Waals surface area contributed by atoms with Gasteiger partial charge in [-0.3, -0.25) is 0 Å². The Labute approximate surface area is 170 Å². The zero-order chi connectivity index (χ0) is 19.5. The van der Waals surface area contributed by atoms with E-state index in [1.807, 2.05) is 42.5 Å². The average Bonchev–Trinajstić information content (AvgIpc) is 3.04. The fraction of sp³-hybridized carbons (Fsp3) is 0.208. The van der Waals surface area contributed by atoms with Crippen LogP contribution in [0.5, 0.6) is 5.75 Å². The van der Waals surface area contributed by atoms with Gasteiger partial charge in [0.15, 0.2) is 0 Å². The molecule has 3 aromatic carbocycles. The van der Waals surface area contributed by atoms with Crippen LogP contribution in [0, 0.1) is 13.8 Å². The van der Waals surface area contributed by atoms with Crippen molar-refractivity contribution in [2.75, 3.05) is 6.61 Å². The van der Waals surface area contributed by atoms with Crippen LogP contribution in [-0.4, -0.2) is 16.2 Å². The quantitative estimate of drug-likeness (QED) is 0.405. The number of aromatic nitrogens is 2. The van der Waals surface area contributed by atoms with Gasteiger partial charge in [-0.25, -0.2) is 4.98 Å². The van der Waals surface area contributed by atoms with Gasteiger partial charge in [0.1, 0.15) is 18.2 Å². The third kappa shape index (κ3) is 3.90. The van der Waals surface area contributed by atoms with E-state index in [0.29, 0.717) is 13.0 Å². The number of halogens is 1. The highest BCUT2D eigenvalue weighted by molar-refractivity contribution is 6.31. The average molecular weight is 391 g/mol. The van der Waals surface area contributed by atoms with Gasteiger partial charge in [-0.1, -0.05) is 48.0 Å². The number of hydrogen-bond acceptors (Lipinski definition) is 2. The Morgan fingerprint density at radius 1 is 0.929 bits per heavy atom. The van der Waals surface area contributed by atoms with Crippen LogP contribution in [0.1, 0.15) is 22.5 Å². The Bertz CT molecular complexity index is 1120. The van der Waals surface area contributed by atoms with Crippen LogP contribution >= 0.6 is 11.6 Å². The first-order valence-electron chi connectivity index (χ1n) is 9.49. The van der Waals surface area contributed by atoms with E-state index in [1.54, 1.807) is 0 Å². The minimum Gasteiger partial charge on any atom is -0.492 e. The predicted molar refractivity (Wildman–Crippen MR) is 115 cm³/mol. The molecule has 0 bridgehead atoms. The van der Waals surface area contributed by atoms with Crippen LogP contribution in [0.4, 0.5) is 0 Å². The molecule has 0 spiro atoms. The third-order valence-corrected chi connectivity index (χ3v) is 5.47. The number of ether oxygens (including phenoxy) is 1. The van der Waals surface area contributed by atoms with E-state index in [0.717, 1.165) is 39.7 Å². The maximum Gasteiger partial charge on any atom is 0.119 e. The molecule has 1 aromatic heterocycles. The molecule has 142 valence electrons. The van der Waals surface area contributed by atoms with Crippen molar-refractivity contribution in [1.29, 1.82) is 0 Å². The largest absolute Gasteiger partial charge is 0.492 e. The van der Waals surface area contributed by atoms with Crippen LogP contribution in [0.25, 0.3) is 11.0 Å². The molecule has 0 unspecified atom stereocenters. The topological polar surface area (TPSA) is 27.1 Å². The minimum absolute atomic E-state index is 0.582. The molecular formula is C24H23ClN2O. The van der Waals surface area contributed by atoms with Crippen molar-refractivity contribution in [3.05, 3.63) is 94.3 Å². The minimum atomic E-state index is 0.582. The Balaban J connectivity index is 1.58. The fourth-order valence-electron chi connectivity index (χ4n) is 3.38. The van der Waals surface area contributed by atoms with Crippen molar-refractivity contribution in [2.45, 2.75) is 26.8 Å². The van der Waals surface area contributed by atoms with Crippen LogP contribution in [-0.2, 0) is 13.0 Å². The van der Waals surface area contributed by atoms with Gasteiger partial charge in [-0.2, -0.15) is 0 Å². The van der Waals surface area contributed by atoms with Gasteiger partial charge in [0.05, 0.1) is 17.6 Å². The van der Waals surface area contributed by atoms with Gasteiger partial charge in [-0.15, -0.1) is 0 Å². The molecule has 3 nitrogen and oxygen atoms in total. The number of rotatable bonds is 6. The lowest BCUT2D eigenvalue weighted by Crippen LogP contribution is -2.12. The van der Waals surface area contributed by atoms with Gasteiger partial charge in [0, 0.05) is 11.4 Å². The number of nitrogens with zero attached hydrogens (tertiary/aromatic N) is 2. The lowest BCUT2D eigenvalue weighted by Gasteiger charge is -2.12. The Morgan fingerprint density at radius 3 is 2.54 bits per heavy atom. The number of aryl methyl sites for hydroxylation is 2. The second kappa shape index (κ2) is 8.07. The standard InChI is InChI=1S/C24H23ClN2O/c1-17-11-12-20(15-18(17)2)28-14-13-27-23-10-6-5-9-22(23)26-24(27)16-19-7-3-4-8-21(19)25/h3-12,15H,13-14,16H2,1-2H3. The normalized spacial score (nSPS) is 11.1. The van der Waals surface area contributed by atoms with Gasteiger partial charge in [0.25, 0.3) is 0 Å². The van der Waals surface area contributed by atoms with E-state index in [1.165, 1.54) is 11.1 Å². The van der Waals surface area contributed by atoms with E-state index >= 15 is 0 Å². The van der Waals surface area contributed by atoms with Crippen LogP contribution in [0.15, 0.2) is 66.7 Å². The van der Waals surface area contributed by atoms with Crippen molar-refractivity contribution in [1.82, 2.24) is 9.55 Å². The number of fused-ring (bicyclic) bond motifs is 1. The number of hydrogen-bond donors (Lipinski definition) is 0. The van der Waals surface area contributed by atoms with Crippen molar-refractivity contribution in [2.24, 2.45) is 0 Å². The second-order valence-electron chi connectivity index (χ2n) is 7.03. The summed E-state index contributed by atoms with van der Waals surface area (Å²) in [5.74, 6) is 1.90. The molecular weight excluding hydrogens is 368 g/mol. The third-order valence-electron chi connectivity index (χ3n) is 5.10. The molecule has 0 fully saturated rings. The molecule has 1 heterocycles. The summed E-state index contributed by atoms with van der Waals surface area (Å²) < 4.78 is 8.25. The number of para-hydroxylation sites is 2. The number of benzene rings is 3. The lowest BCUT2D eigenvalue weighted by atomic mass is 10.1. The highest BCUT2D eigenvalue weighted by Crippen LogP contribution is 2.23. The molecule has 0 atom stereocenters. The maximum atomic E-state index is 6.38. The van der Waals surface area contributed by atoms with Crippen molar-refractivity contribution >= 4 is 22.6 Å². The zero-order valence-electron chi connectivity index (χ0n) is 16.2. The highest BCUT2D eigenvalue weighted by atomic mass is 35.5. The Kier molecular flexibility index (Phi) is 5.36. The van der Waals surface area contributed by atoms with Crippen LogP contribution < -0.4 is 4.74 Å². The second-order valence-corrected chi connectivity index (χ2v) is 7.44. The van der Waals surface area contributed by atoms with Gasteiger partial charge < -0.3 is 9.30 Å².